The summed E-state index contributed by atoms with van der Waals surface area (Å²) in [6, 6.07) is 14.8. The predicted molar refractivity (Wildman–Crippen MR) is 202 cm³/mol. The second-order valence-corrected chi connectivity index (χ2v) is 18.0. The molecule has 2 fully saturated rings. The number of halogens is 2. The molecule has 2 saturated heterocycles. The van der Waals surface area contributed by atoms with Crippen LogP contribution in [-0.2, 0) is 46.1 Å². The third-order valence-corrected chi connectivity index (χ3v) is 9.35. The van der Waals surface area contributed by atoms with Crippen molar-refractivity contribution >= 4 is 57.3 Å². The van der Waals surface area contributed by atoms with E-state index in [1.165, 1.54) is 0 Å². The summed E-state index contributed by atoms with van der Waals surface area (Å²) >= 11 is 13.6. The Bertz CT molecular complexity index is 1520. The number of morpholine rings is 2. The van der Waals surface area contributed by atoms with Crippen molar-refractivity contribution in [1.29, 1.82) is 0 Å². The predicted octanol–water partition coefficient (Wildman–Crippen LogP) is 7.11. The van der Waals surface area contributed by atoms with Crippen LogP contribution in [0.3, 0.4) is 0 Å². The summed E-state index contributed by atoms with van der Waals surface area (Å²) in [6.07, 6.45) is 3.08. The number of benzene rings is 2. The molecular weight excluding hydrogens is 739 g/mol. The number of ether oxygens (including phenoxy) is 4. The smallest absolute Gasteiger partial charge is 0.410 e. The molecule has 0 spiro atoms. The summed E-state index contributed by atoms with van der Waals surface area (Å²) in [5.74, 6) is 0.868. The van der Waals surface area contributed by atoms with E-state index >= 15 is 0 Å². The Kier molecular flexibility index (Phi) is 16.2. The molecule has 286 valence electrons. The molecule has 2 aliphatic rings. The van der Waals surface area contributed by atoms with Crippen molar-refractivity contribution < 1.29 is 41.1 Å². The van der Waals surface area contributed by atoms with Gasteiger partial charge in [-0.3, -0.25) is 14.0 Å². The molecule has 11 nitrogen and oxygen atoms in total. The van der Waals surface area contributed by atoms with Gasteiger partial charge in [-0.2, -0.15) is 20.2 Å². The normalized spacial score (nSPS) is 21.4. The zero-order valence-electron chi connectivity index (χ0n) is 30.7. The van der Waals surface area contributed by atoms with Crippen molar-refractivity contribution in [3.05, 3.63) is 69.7 Å². The lowest BCUT2D eigenvalue weighted by Gasteiger charge is -2.40. The van der Waals surface area contributed by atoms with Crippen LogP contribution in [-0.4, -0.2) is 117 Å². The van der Waals surface area contributed by atoms with E-state index in [4.69, 9.17) is 46.3 Å². The van der Waals surface area contributed by atoms with Gasteiger partial charge in [-0.25, -0.2) is 9.59 Å². The highest BCUT2D eigenvalue weighted by Crippen LogP contribution is 2.24. The minimum atomic E-state index is -3.58. The molecule has 2 aromatic carbocycles. The Balaban J connectivity index is 0.000000277. The number of hydrogen-bond donors (Lipinski definition) is 0. The Hall–Kier alpha value is -2.26. The Labute approximate surface area is 317 Å². The molecule has 2 heterocycles. The SMILES string of the molecule is CC(C)(C)OC(=O)N1C[C@H](COS(C)(=O)=O)OC[C@@H]1Cc1ccc(Cl)cc1.CSC[C@H]1CN(C(=O)OC(C)(C)C)[C@@H](Cc2ccc(Cl)cc2)CO1. The van der Waals surface area contributed by atoms with Gasteiger partial charge in [-0.15, -0.1) is 0 Å². The van der Waals surface area contributed by atoms with Crippen LogP contribution in [0.2, 0.25) is 10.0 Å². The maximum Gasteiger partial charge on any atom is 0.410 e. The van der Waals surface area contributed by atoms with Gasteiger partial charge in [0.15, 0.2) is 0 Å². The van der Waals surface area contributed by atoms with Crippen LogP contribution >= 0.6 is 35.0 Å². The van der Waals surface area contributed by atoms with Crippen molar-refractivity contribution in [1.82, 2.24) is 9.80 Å². The van der Waals surface area contributed by atoms with Crippen molar-refractivity contribution in [2.45, 2.75) is 89.9 Å². The van der Waals surface area contributed by atoms with Gasteiger partial charge in [0.2, 0.25) is 0 Å². The molecule has 4 atom stereocenters. The van der Waals surface area contributed by atoms with Crippen LogP contribution in [0.1, 0.15) is 52.7 Å². The van der Waals surface area contributed by atoms with Crippen LogP contribution in [0.4, 0.5) is 9.59 Å². The number of hydrogen-bond acceptors (Lipinski definition) is 10. The van der Waals surface area contributed by atoms with Crippen molar-refractivity contribution in [2.24, 2.45) is 0 Å². The van der Waals surface area contributed by atoms with E-state index in [-0.39, 0.29) is 44.0 Å². The molecule has 0 unspecified atom stereocenters. The lowest BCUT2D eigenvalue weighted by atomic mass is 10.0. The second kappa shape index (κ2) is 19.2. The summed E-state index contributed by atoms with van der Waals surface area (Å²) in [5, 5.41) is 1.35. The molecule has 0 radical (unpaired) electrons. The first-order chi connectivity index (χ1) is 23.7. The molecular formula is C36H52Cl2N2O9S2. The van der Waals surface area contributed by atoms with Crippen molar-refractivity contribution in [2.75, 3.05) is 51.2 Å². The van der Waals surface area contributed by atoms with Gasteiger partial charge in [-0.05, 0) is 96.0 Å². The fourth-order valence-corrected chi connectivity index (χ4v) is 6.54. The highest BCUT2D eigenvalue weighted by atomic mass is 35.5. The number of rotatable bonds is 9. The Morgan fingerprint density at radius 3 is 1.53 bits per heavy atom. The minimum absolute atomic E-state index is 0.0286. The van der Waals surface area contributed by atoms with E-state index < -0.39 is 33.5 Å². The average Bonchev–Trinajstić information content (AvgIpc) is 3.02. The van der Waals surface area contributed by atoms with Gasteiger partial charge in [0.1, 0.15) is 17.3 Å². The Morgan fingerprint density at radius 2 is 1.16 bits per heavy atom. The van der Waals surface area contributed by atoms with Gasteiger partial charge < -0.3 is 18.9 Å². The van der Waals surface area contributed by atoms with Crippen molar-refractivity contribution in [3.8, 4) is 0 Å². The van der Waals surface area contributed by atoms with E-state index in [1.54, 1.807) is 49.6 Å². The van der Waals surface area contributed by atoms with Crippen molar-refractivity contribution in [3.63, 3.8) is 0 Å². The standard InChI is InChI=1S/C18H26ClNO6S.C18H26ClNO3S/c1-18(2,3)26-17(21)20-10-16(12-25-27(4,22)23)24-11-15(20)9-13-5-7-14(19)8-6-13;1-18(2,3)23-17(21)20-10-16(12-24-4)22-11-15(20)9-13-5-7-14(19)8-6-13/h5-8,15-16H,9-12H2,1-4H3;5-8,15-16H,9-12H2,1-4H3/t2*15-,16+/m00/s1. The first-order valence-electron chi connectivity index (χ1n) is 16.8. The first kappa shape index (κ1) is 43.1. The van der Waals surface area contributed by atoms with Crippen LogP contribution in [0, 0.1) is 0 Å². The zero-order valence-corrected chi connectivity index (χ0v) is 33.9. The quantitative estimate of drug-likeness (QED) is 0.243. The van der Waals surface area contributed by atoms with E-state index in [0.29, 0.717) is 29.6 Å². The second-order valence-electron chi connectivity index (χ2n) is 14.6. The molecule has 2 amide bonds. The lowest BCUT2D eigenvalue weighted by Crippen LogP contribution is -2.55. The van der Waals surface area contributed by atoms with Crippen LogP contribution < -0.4 is 0 Å². The maximum absolute atomic E-state index is 12.7. The van der Waals surface area contributed by atoms with E-state index in [1.807, 2.05) is 68.3 Å². The van der Waals surface area contributed by atoms with E-state index in [9.17, 15) is 18.0 Å². The monoisotopic (exact) mass is 790 g/mol. The largest absolute Gasteiger partial charge is 0.444 e. The fourth-order valence-electron chi connectivity index (χ4n) is 5.32. The molecule has 0 aliphatic carbocycles. The topological polar surface area (TPSA) is 121 Å². The van der Waals surface area contributed by atoms with Gasteiger partial charge >= 0.3 is 12.2 Å². The number of carbonyl (C=O) groups is 2. The Morgan fingerprint density at radius 1 is 0.765 bits per heavy atom. The molecule has 0 N–H and O–H groups in total. The lowest BCUT2D eigenvalue weighted by molar-refractivity contribution is -0.0805. The zero-order chi connectivity index (χ0) is 38.0. The molecule has 0 saturated carbocycles. The van der Waals surface area contributed by atoms with Gasteiger partial charge in [-0.1, -0.05) is 47.5 Å². The van der Waals surface area contributed by atoms with E-state index in [2.05, 4.69) is 0 Å². The van der Waals surface area contributed by atoms with Crippen LogP contribution in [0.25, 0.3) is 0 Å². The molecule has 4 rings (SSSR count). The van der Waals surface area contributed by atoms with Crippen LogP contribution in [0.15, 0.2) is 48.5 Å². The minimum Gasteiger partial charge on any atom is -0.444 e. The molecule has 2 aromatic rings. The van der Waals surface area contributed by atoms with Gasteiger partial charge in [0, 0.05) is 15.8 Å². The molecule has 2 aliphatic heterocycles. The molecule has 0 bridgehead atoms. The number of thioether (sulfide) groups is 1. The number of nitrogens with zero attached hydrogens (tertiary/aromatic N) is 2. The highest BCUT2D eigenvalue weighted by molar-refractivity contribution is 7.98. The molecule has 0 aromatic heterocycles. The summed E-state index contributed by atoms with van der Waals surface area (Å²) in [7, 11) is -3.58. The maximum atomic E-state index is 12.7. The first-order valence-corrected chi connectivity index (χ1v) is 20.7. The molecule has 51 heavy (non-hydrogen) atoms. The summed E-state index contributed by atoms with van der Waals surface area (Å²) in [4.78, 5) is 28.7. The summed E-state index contributed by atoms with van der Waals surface area (Å²) in [5.41, 5.74) is 0.992. The third kappa shape index (κ3) is 16.1. The van der Waals surface area contributed by atoms with Gasteiger partial charge in [0.05, 0.1) is 57.4 Å². The number of carbonyl (C=O) groups excluding carboxylic acids is 2. The number of amides is 2. The average molecular weight is 792 g/mol. The fraction of sp³-hybridized carbons (Fsp3) is 0.611. The summed E-state index contributed by atoms with van der Waals surface area (Å²) in [6.45, 7) is 12.4. The van der Waals surface area contributed by atoms with E-state index in [0.717, 1.165) is 29.6 Å². The highest BCUT2D eigenvalue weighted by Gasteiger charge is 2.36. The van der Waals surface area contributed by atoms with Crippen LogP contribution in [0.5, 0.6) is 0 Å². The summed E-state index contributed by atoms with van der Waals surface area (Å²) < 4.78 is 50.0. The molecule has 15 heteroatoms. The third-order valence-electron chi connectivity index (χ3n) is 7.58. The van der Waals surface area contributed by atoms with Gasteiger partial charge in [0.25, 0.3) is 10.1 Å².